The maximum absolute atomic E-state index is 6.50. The van der Waals surface area contributed by atoms with Gasteiger partial charge in [0.05, 0.1) is 15.7 Å². The molecule has 0 radical (unpaired) electrons. The number of halogens is 2. The smallest absolute Gasteiger partial charge is 0.192 e. The van der Waals surface area contributed by atoms with Crippen LogP contribution in [0.3, 0.4) is 0 Å². The minimum Gasteiger partial charge on any atom is -0.414 e. The van der Waals surface area contributed by atoms with Crippen molar-refractivity contribution >= 4 is 53.5 Å². The fraction of sp³-hybridized carbons (Fsp3) is 0.700. The molecule has 4 atom stereocenters. The van der Waals surface area contributed by atoms with Gasteiger partial charge in [-0.25, -0.2) is 9.97 Å². The molecule has 7 nitrogen and oxygen atoms in total. The molecule has 2 saturated heterocycles. The summed E-state index contributed by atoms with van der Waals surface area (Å²) in [6.45, 7) is 15.5. The minimum atomic E-state index is -1.93. The summed E-state index contributed by atoms with van der Waals surface area (Å²) in [6.07, 6.45) is 0.352. The summed E-state index contributed by atoms with van der Waals surface area (Å²) < 4.78 is 28.5. The molecule has 0 saturated carbocycles. The first kappa shape index (κ1) is 22.9. The molecule has 0 amide bonds. The summed E-state index contributed by atoms with van der Waals surface area (Å²) in [7, 11) is -1.93. The number of hydrogen-bond acceptors (Lipinski definition) is 6. The second kappa shape index (κ2) is 7.63. The normalized spacial score (nSPS) is 29.0. The van der Waals surface area contributed by atoms with Crippen LogP contribution in [0.1, 0.15) is 40.8 Å². The molecule has 0 spiro atoms. The summed E-state index contributed by atoms with van der Waals surface area (Å²) in [5.74, 6) is -0.687. The van der Waals surface area contributed by atoms with Crippen LogP contribution in [0.4, 0.5) is 0 Å². The first-order valence-electron chi connectivity index (χ1n) is 10.1. The Morgan fingerprint density at radius 3 is 2.57 bits per heavy atom. The molecule has 2 aromatic heterocycles. The van der Waals surface area contributed by atoms with E-state index in [9.17, 15) is 0 Å². The highest BCUT2D eigenvalue weighted by atomic mass is 127. The Labute approximate surface area is 197 Å². The topological polar surface area (TPSA) is 67.6 Å². The van der Waals surface area contributed by atoms with E-state index in [1.807, 2.05) is 24.5 Å². The van der Waals surface area contributed by atoms with Crippen molar-refractivity contribution in [1.82, 2.24) is 14.5 Å². The second-order valence-corrected chi connectivity index (χ2v) is 16.2. The van der Waals surface area contributed by atoms with Gasteiger partial charge in [-0.3, -0.25) is 4.57 Å². The predicted molar refractivity (Wildman–Crippen MR) is 126 cm³/mol. The largest absolute Gasteiger partial charge is 0.414 e. The van der Waals surface area contributed by atoms with Crippen molar-refractivity contribution in [3.63, 3.8) is 0 Å². The van der Waals surface area contributed by atoms with Gasteiger partial charge >= 0.3 is 0 Å². The van der Waals surface area contributed by atoms with Crippen molar-refractivity contribution in [3.05, 3.63) is 21.2 Å². The molecule has 0 unspecified atom stereocenters. The van der Waals surface area contributed by atoms with Crippen molar-refractivity contribution in [2.75, 3.05) is 6.61 Å². The van der Waals surface area contributed by atoms with E-state index in [1.165, 1.54) is 6.33 Å². The third-order valence-electron chi connectivity index (χ3n) is 6.33. The number of aromatic nitrogens is 3. The summed E-state index contributed by atoms with van der Waals surface area (Å²) in [5.41, 5.74) is 0.724. The van der Waals surface area contributed by atoms with Gasteiger partial charge in [0.15, 0.2) is 20.3 Å². The van der Waals surface area contributed by atoms with Crippen molar-refractivity contribution in [2.45, 2.75) is 83.1 Å². The molecule has 4 rings (SSSR count). The third kappa shape index (κ3) is 3.95. The Morgan fingerprint density at radius 2 is 1.90 bits per heavy atom. The average Bonchev–Trinajstić information content (AvgIpc) is 3.21. The molecular weight excluding hydrogens is 537 g/mol. The molecule has 2 aromatic rings. The van der Waals surface area contributed by atoms with Crippen LogP contribution in [0, 0.1) is 3.70 Å². The third-order valence-corrected chi connectivity index (χ3v) is 12.0. The monoisotopic (exact) mass is 565 g/mol. The fourth-order valence-corrected chi connectivity index (χ4v) is 5.73. The first-order chi connectivity index (χ1) is 13.8. The molecule has 0 bridgehead atoms. The van der Waals surface area contributed by atoms with Gasteiger partial charge in [0, 0.05) is 0 Å². The van der Waals surface area contributed by atoms with E-state index in [-0.39, 0.29) is 29.6 Å². The van der Waals surface area contributed by atoms with E-state index in [4.69, 9.17) is 30.2 Å². The molecule has 4 heterocycles. The van der Waals surface area contributed by atoms with Crippen molar-refractivity contribution in [3.8, 4) is 0 Å². The molecule has 0 aliphatic carbocycles. The van der Waals surface area contributed by atoms with Crippen LogP contribution in [0.15, 0.2) is 12.4 Å². The quantitative estimate of drug-likeness (QED) is 0.291. The summed E-state index contributed by atoms with van der Waals surface area (Å²) in [6, 6.07) is 1.97. The lowest BCUT2D eigenvalue weighted by Crippen LogP contribution is -2.44. The predicted octanol–water partition coefficient (Wildman–Crippen LogP) is 5.13. The Morgan fingerprint density at radius 1 is 1.23 bits per heavy atom. The lowest BCUT2D eigenvalue weighted by molar-refractivity contribution is -0.199. The molecule has 2 aliphatic rings. The van der Waals surface area contributed by atoms with Crippen LogP contribution in [-0.2, 0) is 18.6 Å². The van der Waals surface area contributed by atoms with Gasteiger partial charge in [-0.15, -0.1) is 0 Å². The maximum Gasteiger partial charge on any atom is 0.192 e. The van der Waals surface area contributed by atoms with Gasteiger partial charge in [-0.2, -0.15) is 0 Å². The fourth-order valence-electron chi connectivity index (χ4n) is 3.72. The number of fused-ring (bicyclic) bond motifs is 2. The molecule has 30 heavy (non-hydrogen) atoms. The van der Waals surface area contributed by atoms with E-state index in [2.05, 4.69) is 66.4 Å². The van der Waals surface area contributed by atoms with Gasteiger partial charge in [0.2, 0.25) is 0 Å². The number of ether oxygens (including phenoxy) is 3. The van der Waals surface area contributed by atoms with Gasteiger partial charge in [0.25, 0.3) is 0 Å². The van der Waals surface area contributed by atoms with Crippen molar-refractivity contribution in [1.29, 1.82) is 0 Å². The summed E-state index contributed by atoms with van der Waals surface area (Å²) in [5, 5.41) is 1.34. The molecule has 0 N–H and O–H groups in total. The molecule has 166 valence electrons. The summed E-state index contributed by atoms with van der Waals surface area (Å²) >= 11 is 8.57. The first-order valence-corrected chi connectivity index (χ1v) is 14.5. The standard InChI is InChI=1S/C20H29ClIN3O4Si/c1-19(2,3)30(6,7)26-9-12-14-15(29-20(4,5)28-14)18(27-12)25-13(22)8-11-16(21)23-10-24-17(11)25/h8,10,12,14-15,18H,9H2,1-7H3/t12-,14-,15-,18-/m1/s1. The molecular formula is C20H29ClIN3O4Si. The minimum absolute atomic E-state index is 0.121. The van der Waals surface area contributed by atoms with E-state index in [0.717, 1.165) is 14.7 Å². The van der Waals surface area contributed by atoms with E-state index in [1.54, 1.807) is 0 Å². The Balaban J connectivity index is 1.66. The zero-order chi connectivity index (χ0) is 22.1. The zero-order valence-corrected chi connectivity index (χ0v) is 22.3. The van der Waals surface area contributed by atoms with Crippen LogP contribution in [-0.4, -0.2) is 53.6 Å². The average molecular weight is 566 g/mol. The van der Waals surface area contributed by atoms with Crippen LogP contribution in [0.5, 0.6) is 0 Å². The van der Waals surface area contributed by atoms with E-state index >= 15 is 0 Å². The van der Waals surface area contributed by atoms with Crippen LogP contribution in [0.25, 0.3) is 11.0 Å². The lowest BCUT2D eigenvalue weighted by Gasteiger charge is -2.37. The highest BCUT2D eigenvalue weighted by Crippen LogP contribution is 2.46. The summed E-state index contributed by atoms with van der Waals surface area (Å²) in [4.78, 5) is 8.56. The Kier molecular flexibility index (Phi) is 5.82. The molecule has 0 aromatic carbocycles. The van der Waals surface area contributed by atoms with Crippen LogP contribution >= 0.6 is 34.2 Å². The van der Waals surface area contributed by atoms with Gasteiger partial charge in [-0.05, 0) is 60.6 Å². The highest BCUT2D eigenvalue weighted by Gasteiger charge is 2.57. The Hall–Kier alpha value is -0.303. The maximum atomic E-state index is 6.50. The highest BCUT2D eigenvalue weighted by molar-refractivity contribution is 14.1. The van der Waals surface area contributed by atoms with Crippen LogP contribution < -0.4 is 0 Å². The number of rotatable bonds is 4. The zero-order valence-electron chi connectivity index (χ0n) is 18.4. The van der Waals surface area contributed by atoms with Crippen molar-refractivity contribution in [2.24, 2.45) is 0 Å². The van der Waals surface area contributed by atoms with Crippen molar-refractivity contribution < 1.29 is 18.6 Å². The van der Waals surface area contributed by atoms with Gasteiger partial charge in [-0.1, -0.05) is 32.4 Å². The SMILES string of the molecule is CC1(C)O[C@@H]2[C@H](O1)[C@@H](CO[Si](C)(C)C(C)(C)C)O[C@H]2n1c(I)cc2c(Cl)ncnc21. The number of hydrogen-bond donors (Lipinski definition) is 0. The number of nitrogens with zero attached hydrogens (tertiary/aromatic N) is 3. The second-order valence-electron chi connectivity index (χ2n) is 9.94. The van der Waals surface area contributed by atoms with Gasteiger partial charge < -0.3 is 18.6 Å². The molecule has 10 heteroatoms. The van der Waals surface area contributed by atoms with E-state index < -0.39 is 14.1 Å². The Bertz CT molecular complexity index is 961. The van der Waals surface area contributed by atoms with Crippen LogP contribution in [0.2, 0.25) is 23.3 Å². The molecule has 2 fully saturated rings. The van der Waals surface area contributed by atoms with E-state index in [0.29, 0.717) is 11.8 Å². The molecule has 2 aliphatic heterocycles. The lowest BCUT2D eigenvalue weighted by atomic mass is 10.1. The van der Waals surface area contributed by atoms with Gasteiger partial charge in [0.1, 0.15) is 35.4 Å².